The number of rotatable bonds is 5. The molecule has 174 valence electrons. The molecule has 2 heterocycles. The van der Waals surface area contributed by atoms with Gasteiger partial charge >= 0.3 is 0 Å². The summed E-state index contributed by atoms with van der Waals surface area (Å²) in [5, 5.41) is 0.778. The number of pyridine rings is 1. The van der Waals surface area contributed by atoms with Crippen LogP contribution in [0.15, 0.2) is 72.0 Å². The van der Waals surface area contributed by atoms with Gasteiger partial charge in [-0.25, -0.2) is 28.1 Å². The third-order valence-corrected chi connectivity index (χ3v) is 6.72. The third-order valence-electron chi connectivity index (χ3n) is 5.37. The molecule has 34 heavy (non-hydrogen) atoms. The van der Waals surface area contributed by atoms with Gasteiger partial charge < -0.3 is 4.74 Å². The van der Waals surface area contributed by atoms with Gasteiger partial charge in [0.05, 0.1) is 18.3 Å². The largest absolute Gasteiger partial charge is 0.495 e. The van der Waals surface area contributed by atoms with Crippen molar-refractivity contribution in [1.29, 1.82) is 0 Å². The zero-order valence-corrected chi connectivity index (χ0v) is 20.1. The second-order valence-corrected chi connectivity index (χ2v) is 10.4. The normalized spacial score (nSPS) is 11.9. The third kappa shape index (κ3) is 4.60. The Bertz CT molecular complexity index is 1480. The van der Waals surface area contributed by atoms with Gasteiger partial charge in [-0.05, 0) is 47.4 Å². The minimum atomic E-state index is -4.22. The number of nitrogens with one attached hydrogen (secondary N) is 1. The molecule has 9 heteroatoms. The Hall–Kier alpha value is -3.85. The molecule has 1 N–H and O–H groups in total. The van der Waals surface area contributed by atoms with Crippen LogP contribution in [0.2, 0.25) is 0 Å². The summed E-state index contributed by atoms with van der Waals surface area (Å²) < 4.78 is 33.6. The number of aromatic nitrogens is 3. The van der Waals surface area contributed by atoms with Crippen LogP contribution in [0.5, 0.6) is 5.75 Å². The number of hydrogen-bond acceptors (Lipinski definition) is 7. The Labute approximate surface area is 198 Å². The standard InChI is InChI=1S/C25H24N4O4S/c1-25(2,3)16-8-11-22(33-4)23(14-16)34(31,32)29-24(30)21-10-9-18-17(6-5-7-20(18)28-21)19-12-13-26-15-27-19/h5-15H,1-4H3,(H,29,30). The quantitative estimate of drug-likeness (QED) is 0.461. The lowest BCUT2D eigenvalue weighted by Crippen LogP contribution is -2.31. The Balaban J connectivity index is 1.68. The summed E-state index contributed by atoms with van der Waals surface area (Å²) in [7, 11) is -2.84. The van der Waals surface area contributed by atoms with E-state index < -0.39 is 15.9 Å². The molecule has 0 fully saturated rings. The topological polar surface area (TPSA) is 111 Å². The van der Waals surface area contributed by atoms with E-state index in [0.29, 0.717) is 11.2 Å². The highest BCUT2D eigenvalue weighted by atomic mass is 32.2. The van der Waals surface area contributed by atoms with Crippen LogP contribution in [0, 0.1) is 0 Å². The smallest absolute Gasteiger partial charge is 0.283 e. The van der Waals surface area contributed by atoms with Gasteiger partial charge in [-0.1, -0.05) is 39.0 Å². The minimum Gasteiger partial charge on any atom is -0.495 e. The molecule has 1 amide bonds. The van der Waals surface area contributed by atoms with E-state index in [-0.39, 0.29) is 21.8 Å². The Morgan fingerprint density at radius 1 is 1.03 bits per heavy atom. The molecule has 0 spiro atoms. The monoisotopic (exact) mass is 476 g/mol. The molecule has 8 nitrogen and oxygen atoms in total. The predicted octanol–water partition coefficient (Wildman–Crippen LogP) is 4.12. The summed E-state index contributed by atoms with van der Waals surface area (Å²) in [5.74, 6) is -0.688. The second-order valence-electron chi connectivity index (χ2n) is 8.71. The molecule has 2 aromatic carbocycles. The van der Waals surface area contributed by atoms with E-state index in [1.807, 2.05) is 26.8 Å². The van der Waals surface area contributed by atoms with Gasteiger partial charge in [0, 0.05) is 17.1 Å². The van der Waals surface area contributed by atoms with Crippen molar-refractivity contribution in [3.8, 4) is 17.0 Å². The van der Waals surface area contributed by atoms with Crippen molar-refractivity contribution in [1.82, 2.24) is 19.7 Å². The number of amides is 1. The number of hydrogen-bond donors (Lipinski definition) is 1. The van der Waals surface area contributed by atoms with Crippen molar-refractivity contribution in [3.63, 3.8) is 0 Å². The molecule has 2 aromatic heterocycles. The van der Waals surface area contributed by atoms with Crippen LogP contribution in [0.1, 0.15) is 36.8 Å². The van der Waals surface area contributed by atoms with Crippen molar-refractivity contribution in [2.45, 2.75) is 31.1 Å². The minimum absolute atomic E-state index is 0.0261. The van der Waals surface area contributed by atoms with Crippen LogP contribution in [0.25, 0.3) is 22.2 Å². The molecule has 4 aromatic rings. The fraction of sp³-hybridized carbons (Fsp3) is 0.200. The molecule has 0 unspecified atom stereocenters. The highest BCUT2D eigenvalue weighted by Crippen LogP contribution is 2.31. The summed E-state index contributed by atoms with van der Waals surface area (Å²) >= 11 is 0. The lowest BCUT2D eigenvalue weighted by molar-refractivity contribution is 0.0977. The molecule has 0 aliphatic rings. The lowest BCUT2D eigenvalue weighted by Gasteiger charge is -2.21. The van der Waals surface area contributed by atoms with Crippen molar-refractivity contribution in [3.05, 3.63) is 78.4 Å². The van der Waals surface area contributed by atoms with Crippen LogP contribution in [-0.2, 0) is 15.4 Å². The molecular weight excluding hydrogens is 452 g/mol. The summed E-state index contributed by atoms with van der Waals surface area (Å²) in [4.78, 5) is 25.4. The number of benzene rings is 2. The van der Waals surface area contributed by atoms with Crippen LogP contribution in [-0.4, -0.2) is 36.4 Å². The van der Waals surface area contributed by atoms with E-state index >= 15 is 0 Å². The van der Waals surface area contributed by atoms with E-state index in [9.17, 15) is 13.2 Å². The van der Waals surface area contributed by atoms with E-state index in [0.717, 1.165) is 16.5 Å². The Morgan fingerprint density at radius 2 is 1.82 bits per heavy atom. The Morgan fingerprint density at radius 3 is 2.50 bits per heavy atom. The number of sulfonamides is 1. The first-order chi connectivity index (χ1) is 16.1. The number of ether oxygens (including phenoxy) is 1. The summed E-state index contributed by atoms with van der Waals surface area (Å²) in [5.41, 5.74) is 2.56. The van der Waals surface area contributed by atoms with Gasteiger partial charge in [0.25, 0.3) is 15.9 Å². The van der Waals surface area contributed by atoms with Crippen LogP contribution in [0.3, 0.4) is 0 Å². The molecular formula is C25H24N4O4S. The molecule has 0 bridgehead atoms. The van der Waals surface area contributed by atoms with E-state index in [1.54, 1.807) is 42.6 Å². The molecule has 4 rings (SSSR count). The molecule has 0 aliphatic heterocycles. The highest BCUT2D eigenvalue weighted by Gasteiger charge is 2.26. The van der Waals surface area contributed by atoms with E-state index in [1.165, 1.54) is 25.6 Å². The van der Waals surface area contributed by atoms with Gasteiger partial charge in [-0.15, -0.1) is 0 Å². The lowest BCUT2D eigenvalue weighted by atomic mass is 9.87. The molecule has 0 saturated heterocycles. The van der Waals surface area contributed by atoms with Crippen molar-refractivity contribution >= 4 is 26.8 Å². The zero-order valence-electron chi connectivity index (χ0n) is 19.2. The maximum Gasteiger partial charge on any atom is 0.283 e. The number of carbonyl (C=O) groups is 1. The first-order valence-corrected chi connectivity index (χ1v) is 12.0. The van der Waals surface area contributed by atoms with Crippen molar-refractivity contribution in [2.24, 2.45) is 0 Å². The van der Waals surface area contributed by atoms with Gasteiger partial charge in [0.2, 0.25) is 0 Å². The first kappa shape index (κ1) is 23.3. The average molecular weight is 477 g/mol. The summed E-state index contributed by atoms with van der Waals surface area (Å²) in [6.45, 7) is 5.91. The first-order valence-electron chi connectivity index (χ1n) is 10.5. The van der Waals surface area contributed by atoms with Gasteiger partial charge in [-0.3, -0.25) is 4.79 Å². The maximum absolute atomic E-state index is 13.1. The summed E-state index contributed by atoms with van der Waals surface area (Å²) in [6, 6.07) is 15.3. The van der Waals surface area contributed by atoms with E-state index in [4.69, 9.17) is 4.74 Å². The van der Waals surface area contributed by atoms with Crippen LogP contribution in [0.4, 0.5) is 0 Å². The zero-order chi connectivity index (χ0) is 24.5. The Kier molecular flexibility index (Phi) is 6.05. The SMILES string of the molecule is COc1ccc(C(C)(C)C)cc1S(=O)(=O)NC(=O)c1ccc2c(-c3ccncn3)cccc2n1. The fourth-order valence-electron chi connectivity index (χ4n) is 3.54. The number of carbonyl (C=O) groups excluding carboxylic acids is 1. The molecule has 0 aliphatic carbocycles. The van der Waals surface area contributed by atoms with Crippen molar-refractivity contribution < 1.29 is 17.9 Å². The van der Waals surface area contributed by atoms with Gasteiger partial charge in [-0.2, -0.15) is 0 Å². The molecule has 0 saturated carbocycles. The average Bonchev–Trinajstić information content (AvgIpc) is 2.82. The molecule has 0 radical (unpaired) electrons. The van der Waals surface area contributed by atoms with Gasteiger partial charge in [0.15, 0.2) is 0 Å². The van der Waals surface area contributed by atoms with E-state index in [2.05, 4.69) is 19.7 Å². The van der Waals surface area contributed by atoms with Crippen LogP contribution >= 0.6 is 0 Å². The van der Waals surface area contributed by atoms with Gasteiger partial charge in [0.1, 0.15) is 22.7 Å². The summed E-state index contributed by atoms with van der Waals surface area (Å²) in [6.07, 6.45) is 3.10. The number of fused-ring (bicyclic) bond motifs is 1. The maximum atomic E-state index is 13.1. The number of methoxy groups -OCH3 is 1. The van der Waals surface area contributed by atoms with Crippen LogP contribution < -0.4 is 9.46 Å². The number of nitrogens with zero attached hydrogens (tertiary/aromatic N) is 3. The second kappa shape index (κ2) is 8.83. The predicted molar refractivity (Wildman–Crippen MR) is 129 cm³/mol. The van der Waals surface area contributed by atoms with Crippen molar-refractivity contribution in [2.75, 3.05) is 7.11 Å². The fourth-order valence-corrected chi connectivity index (χ4v) is 4.69. The molecule has 0 atom stereocenters. The highest BCUT2D eigenvalue weighted by molar-refractivity contribution is 7.90.